The van der Waals surface area contributed by atoms with Crippen molar-refractivity contribution >= 4 is 39.5 Å². The number of esters is 4. The van der Waals surface area contributed by atoms with Crippen molar-refractivity contribution in [3.05, 3.63) is 0 Å². The molecule has 0 aliphatic heterocycles. The highest BCUT2D eigenvalue weighted by molar-refractivity contribution is 7.47. The van der Waals surface area contributed by atoms with Crippen LogP contribution in [0.25, 0.3) is 0 Å². The Balaban J connectivity index is 5.24. The van der Waals surface area contributed by atoms with Crippen LogP contribution in [-0.2, 0) is 65.4 Å². The van der Waals surface area contributed by atoms with Gasteiger partial charge in [-0.25, -0.2) is 9.13 Å². The van der Waals surface area contributed by atoms with Crippen LogP contribution >= 0.6 is 15.6 Å². The van der Waals surface area contributed by atoms with Crippen LogP contribution in [0.1, 0.15) is 427 Å². The summed E-state index contributed by atoms with van der Waals surface area (Å²) in [5.41, 5.74) is 0. The number of hydrogen-bond acceptors (Lipinski definition) is 15. The normalized spacial score (nSPS) is 13.9. The Hall–Kier alpha value is -1.94. The van der Waals surface area contributed by atoms with Crippen molar-refractivity contribution < 1.29 is 80.2 Å². The first-order chi connectivity index (χ1) is 48.4. The van der Waals surface area contributed by atoms with E-state index in [9.17, 15) is 43.2 Å². The lowest BCUT2D eigenvalue weighted by molar-refractivity contribution is -0.161. The first kappa shape index (κ1) is 98.1. The van der Waals surface area contributed by atoms with Gasteiger partial charge >= 0.3 is 39.5 Å². The van der Waals surface area contributed by atoms with E-state index < -0.39 is 97.5 Å². The molecule has 0 rings (SSSR count). The molecule has 0 bridgehead atoms. The molecule has 100 heavy (non-hydrogen) atoms. The molecule has 0 aliphatic rings. The second kappa shape index (κ2) is 72.6. The molecule has 5 atom stereocenters. The summed E-state index contributed by atoms with van der Waals surface area (Å²) in [4.78, 5) is 73.0. The van der Waals surface area contributed by atoms with Gasteiger partial charge in [0.15, 0.2) is 12.2 Å². The highest BCUT2D eigenvalue weighted by atomic mass is 31.2. The number of carbonyl (C=O) groups excluding carboxylic acids is 4. The van der Waals surface area contributed by atoms with Gasteiger partial charge in [0.05, 0.1) is 26.4 Å². The highest BCUT2D eigenvalue weighted by Gasteiger charge is 2.30. The van der Waals surface area contributed by atoms with Crippen molar-refractivity contribution in [3.63, 3.8) is 0 Å². The van der Waals surface area contributed by atoms with E-state index in [1.807, 2.05) is 0 Å². The maximum absolute atomic E-state index is 13.1. The van der Waals surface area contributed by atoms with E-state index in [2.05, 4.69) is 41.5 Å². The van der Waals surface area contributed by atoms with Gasteiger partial charge in [0.25, 0.3) is 0 Å². The Morgan fingerprint density at radius 1 is 0.270 bits per heavy atom. The topological polar surface area (TPSA) is 237 Å². The molecule has 0 aromatic rings. The van der Waals surface area contributed by atoms with Gasteiger partial charge in [0, 0.05) is 25.7 Å². The molecular formula is C81H158O17P2. The maximum atomic E-state index is 13.1. The third-order valence-electron chi connectivity index (χ3n) is 19.0. The standard InChI is InChI=1S/C81H158O17P2/c1-7-9-11-13-15-17-19-20-21-22-23-24-29-35-41-47-53-59-65-80(85)98-77(70-92-79(84)64-58-52-46-40-34-28-26-25-27-32-37-43-49-55-61-73(3)4)72-96-100(89,90)94-68-75(82)67-93-99(87,88)95-71-76(69-91-78(83)63-57-51-45-39-18-16-14-12-10-8-2)97-81(86)66-60-54-48-42-36-31-30-33-38-44-50-56-62-74(5)6/h73-77,82H,7-72H2,1-6H3,(H,87,88)(H,89,90)/t75-,76+,77+/m0/s1. The van der Waals surface area contributed by atoms with Gasteiger partial charge in [-0.2, -0.15) is 0 Å². The molecule has 0 saturated carbocycles. The molecule has 0 radical (unpaired) electrons. The van der Waals surface area contributed by atoms with Crippen molar-refractivity contribution in [3.8, 4) is 0 Å². The maximum Gasteiger partial charge on any atom is 0.472 e. The average Bonchev–Trinajstić information content (AvgIpc) is 0.927. The van der Waals surface area contributed by atoms with Crippen molar-refractivity contribution in [2.45, 2.75) is 445 Å². The monoisotopic (exact) mass is 1470 g/mol. The number of unbranched alkanes of at least 4 members (excludes halogenated alkanes) is 50. The largest absolute Gasteiger partial charge is 0.472 e. The summed E-state index contributed by atoms with van der Waals surface area (Å²) in [6, 6.07) is 0. The third-order valence-corrected chi connectivity index (χ3v) is 20.9. The summed E-state index contributed by atoms with van der Waals surface area (Å²) in [5.74, 6) is -0.531. The lowest BCUT2D eigenvalue weighted by atomic mass is 10.0. The Bertz CT molecular complexity index is 1920. The minimum absolute atomic E-state index is 0.107. The molecule has 0 saturated heterocycles. The molecule has 0 heterocycles. The van der Waals surface area contributed by atoms with Crippen LogP contribution in [0.4, 0.5) is 0 Å². The van der Waals surface area contributed by atoms with Gasteiger partial charge in [0.2, 0.25) is 0 Å². The Morgan fingerprint density at radius 2 is 0.460 bits per heavy atom. The number of aliphatic hydroxyl groups excluding tert-OH is 1. The van der Waals surface area contributed by atoms with Crippen molar-refractivity contribution in [1.29, 1.82) is 0 Å². The van der Waals surface area contributed by atoms with E-state index in [0.29, 0.717) is 25.7 Å². The van der Waals surface area contributed by atoms with Crippen LogP contribution in [0, 0.1) is 11.8 Å². The zero-order valence-corrected chi connectivity index (χ0v) is 67.3. The van der Waals surface area contributed by atoms with Crippen molar-refractivity contribution in [2.24, 2.45) is 11.8 Å². The number of carbonyl (C=O) groups is 4. The van der Waals surface area contributed by atoms with Crippen LogP contribution in [0.3, 0.4) is 0 Å². The van der Waals surface area contributed by atoms with Crippen LogP contribution in [-0.4, -0.2) is 96.7 Å². The number of phosphoric acid groups is 2. The molecule has 0 fully saturated rings. The molecule has 0 amide bonds. The summed E-state index contributed by atoms with van der Waals surface area (Å²) >= 11 is 0. The fourth-order valence-corrected chi connectivity index (χ4v) is 14.1. The van der Waals surface area contributed by atoms with E-state index in [0.717, 1.165) is 102 Å². The first-order valence-corrected chi connectivity index (χ1v) is 45.0. The van der Waals surface area contributed by atoms with Gasteiger partial charge < -0.3 is 33.8 Å². The first-order valence-electron chi connectivity index (χ1n) is 42.0. The van der Waals surface area contributed by atoms with Crippen LogP contribution in [0.15, 0.2) is 0 Å². The average molecular weight is 1470 g/mol. The van der Waals surface area contributed by atoms with E-state index in [-0.39, 0.29) is 25.7 Å². The zero-order valence-electron chi connectivity index (χ0n) is 65.5. The summed E-state index contributed by atoms with van der Waals surface area (Å²) in [6.07, 6.45) is 62.3. The zero-order chi connectivity index (χ0) is 73.5. The molecule has 17 nitrogen and oxygen atoms in total. The van der Waals surface area contributed by atoms with Crippen LogP contribution in [0.2, 0.25) is 0 Å². The number of rotatable bonds is 80. The molecule has 19 heteroatoms. The van der Waals surface area contributed by atoms with E-state index >= 15 is 0 Å². The molecule has 0 spiro atoms. The SMILES string of the molecule is CCCCCCCCCCCCCCCCCCCCC(=O)O[C@H](COC(=O)CCCCCCCCCCCCCCCCC(C)C)COP(=O)(O)OC[C@@H](O)COP(=O)(O)OC[C@@H](COC(=O)CCCCCCCCCCCC)OC(=O)CCCCCCCCCCCCCCC(C)C. The second-order valence-electron chi connectivity index (χ2n) is 30.1. The smallest absolute Gasteiger partial charge is 0.462 e. The Morgan fingerprint density at radius 3 is 0.680 bits per heavy atom. The van der Waals surface area contributed by atoms with E-state index in [1.54, 1.807) is 0 Å². The number of hydrogen-bond donors (Lipinski definition) is 3. The number of ether oxygens (including phenoxy) is 4. The number of phosphoric ester groups is 2. The van der Waals surface area contributed by atoms with Gasteiger partial charge in [-0.1, -0.05) is 375 Å². The molecule has 0 aromatic heterocycles. The van der Waals surface area contributed by atoms with Gasteiger partial charge in [-0.15, -0.1) is 0 Å². The fourth-order valence-electron chi connectivity index (χ4n) is 12.5. The fraction of sp³-hybridized carbons (Fsp3) is 0.951. The quantitative estimate of drug-likeness (QED) is 0.0222. The van der Waals surface area contributed by atoms with Gasteiger partial charge in [-0.3, -0.25) is 37.3 Å². The summed E-state index contributed by atoms with van der Waals surface area (Å²) in [6.45, 7) is 9.66. The summed E-state index contributed by atoms with van der Waals surface area (Å²) in [5, 5.41) is 10.6. The van der Waals surface area contributed by atoms with Gasteiger partial charge in [-0.05, 0) is 37.5 Å². The predicted molar refractivity (Wildman–Crippen MR) is 409 cm³/mol. The Kier molecular flexibility index (Phi) is 71.2. The van der Waals surface area contributed by atoms with E-state index in [4.69, 9.17) is 37.0 Å². The Labute approximate surface area is 613 Å². The highest BCUT2D eigenvalue weighted by Crippen LogP contribution is 2.45. The van der Waals surface area contributed by atoms with Crippen molar-refractivity contribution in [2.75, 3.05) is 39.6 Å². The van der Waals surface area contributed by atoms with E-state index in [1.165, 1.54) is 244 Å². The molecule has 0 aromatic carbocycles. The minimum Gasteiger partial charge on any atom is -0.462 e. The molecule has 3 N–H and O–H groups in total. The summed E-state index contributed by atoms with van der Waals surface area (Å²) in [7, 11) is -9.92. The molecule has 594 valence electrons. The lowest BCUT2D eigenvalue weighted by Gasteiger charge is -2.21. The lowest BCUT2D eigenvalue weighted by Crippen LogP contribution is -2.30. The van der Waals surface area contributed by atoms with Crippen LogP contribution < -0.4 is 0 Å². The van der Waals surface area contributed by atoms with Crippen molar-refractivity contribution in [1.82, 2.24) is 0 Å². The predicted octanol–water partition coefficient (Wildman–Crippen LogP) is 24.3. The molecule has 0 aliphatic carbocycles. The van der Waals surface area contributed by atoms with Gasteiger partial charge in [0.1, 0.15) is 19.3 Å². The number of aliphatic hydroxyl groups is 1. The second-order valence-corrected chi connectivity index (χ2v) is 33.0. The third kappa shape index (κ3) is 74.3. The van der Waals surface area contributed by atoms with Crippen LogP contribution in [0.5, 0.6) is 0 Å². The summed E-state index contributed by atoms with van der Waals surface area (Å²) < 4.78 is 68.7. The molecule has 2 unspecified atom stereocenters. The molecular weight excluding hydrogens is 1310 g/mol. The minimum atomic E-state index is -4.96.